The molecule has 0 unspecified atom stereocenters. The van der Waals surface area contributed by atoms with Crippen LogP contribution < -0.4 is 5.73 Å². The quantitative estimate of drug-likeness (QED) is 0.698. The summed E-state index contributed by atoms with van der Waals surface area (Å²) in [6.07, 6.45) is 0. The average molecular weight is 194 g/mol. The maximum Gasteiger partial charge on any atom is 0.171 e. The largest absolute Gasteiger partial charge is 0.381 e. The molecule has 3 nitrogen and oxygen atoms in total. The minimum atomic E-state index is 0.262. The Labute approximate surface area is 80.6 Å². The van der Waals surface area contributed by atoms with Crippen LogP contribution in [0.3, 0.4) is 0 Å². The van der Waals surface area contributed by atoms with Crippen molar-refractivity contribution in [2.24, 2.45) is 0 Å². The Morgan fingerprint density at radius 3 is 2.85 bits per heavy atom. The maximum atomic E-state index is 5.74. The number of fused-ring (bicyclic) bond motifs is 1. The van der Waals surface area contributed by atoms with E-state index in [4.69, 9.17) is 17.3 Å². The molecule has 2 rings (SSSR count). The van der Waals surface area contributed by atoms with Gasteiger partial charge in [-0.2, -0.15) is 0 Å². The van der Waals surface area contributed by atoms with E-state index >= 15 is 0 Å². The van der Waals surface area contributed by atoms with Crippen molar-refractivity contribution in [1.29, 1.82) is 0 Å². The van der Waals surface area contributed by atoms with Gasteiger partial charge in [0.25, 0.3) is 0 Å². The summed E-state index contributed by atoms with van der Waals surface area (Å²) >= 11 is 5.74. The number of halogens is 1. The summed E-state index contributed by atoms with van der Waals surface area (Å²) < 4.78 is 0. The lowest BCUT2D eigenvalue weighted by Gasteiger charge is -2.02. The van der Waals surface area contributed by atoms with E-state index in [1.165, 1.54) is 0 Å². The molecule has 0 saturated carbocycles. The van der Waals surface area contributed by atoms with Crippen molar-refractivity contribution in [3.05, 3.63) is 28.9 Å². The van der Waals surface area contributed by atoms with E-state index in [9.17, 15) is 0 Å². The molecule has 66 valence electrons. The number of nitrogen functional groups attached to an aromatic ring is 1. The van der Waals surface area contributed by atoms with Crippen LogP contribution in [0.4, 0.5) is 5.82 Å². The monoisotopic (exact) mass is 193 g/mol. The molecule has 0 amide bonds. The molecular weight excluding hydrogens is 186 g/mol. The molecule has 0 spiro atoms. The Morgan fingerprint density at radius 2 is 2.08 bits per heavy atom. The average Bonchev–Trinajstić information content (AvgIpc) is 2.09. The van der Waals surface area contributed by atoms with Crippen molar-refractivity contribution in [1.82, 2.24) is 9.97 Å². The molecule has 0 radical (unpaired) electrons. The molecule has 1 aromatic heterocycles. The van der Waals surface area contributed by atoms with E-state index in [1.807, 2.05) is 25.1 Å². The Morgan fingerprint density at radius 1 is 1.31 bits per heavy atom. The van der Waals surface area contributed by atoms with Crippen LogP contribution in [0.1, 0.15) is 5.56 Å². The number of para-hydroxylation sites is 1. The van der Waals surface area contributed by atoms with Crippen LogP contribution in [0, 0.1) is 6.92 Å². The van der Waals surface area contributed by atoms with Gasteiger partial charge >= 0.3 is 0 Å². The molecule has 0 aliphatic heterocycles. The van der Waals surface area contributed by atoms with Gasteiger partial charge < -0.3 is 5.73 Å². The SMILES string of the molecule is Cc1cccc2nc(Cl)c(N)nc12. The summed E-state index contributed by atoms with van der Waals surface area (Å²) in [6.45, 7) is 1.96. The maximum absolute atomic E-state index is 5.74. The number of rotatable bonds is 0. The van der Waals surface area contributed by atoms with Gasteiger partial charge in [-0.3, -0.25) is 0 Å². The van der Waals surface area contributed by atoms with Gasteiger partial charge in [0.05, 0.1) is 11.0 Å². The lowest BCUT2D eigenvalue weighted by Crippen LogP contribution is -1.96. The van der Waals surface area contributed by atoms with Crippen molar-refractivity contribution in [2.45, 2.75) is 6.92 Å². The fourth-order valence-electron chi connectivity index (χ4n) is 1.21. The molecule has 13 heavy (non-hydrogen) atoms. The van der Waals surface area contributed by atoms with E-state index in [2.05, 4.69) is 9.97 Å². The van der Waals surface area contributed by atoms with E-state index in [0.717, 1.165) is 16.6 Å². The lowest BCUT2D eigenvalue weighted by atomic mass is 10.2. The van der Waals surface area contributed by atoms with Gasteiger partial charge in [-0.15, -0.1) is 0 Å². The summed E-state index contributed by atoms with van der Waals surface area (Å²) in [4.78, 5) is 8.27. The Kier molecular flexibility index (Phi) is 1.81. The van der Waals surface area contributed by atoms with Crippen molar-refractivity contribution in [2.75, 3.05) is 5.73 Å². The molecule has 0 bridgehead atoms. The zero-order chi connectivity index (χ0) is 9.42. The van der Waals surface area contributed by atoms with Crippen LogP contribution in [-0.4, -0.2) is 9.97 Å². The van der Waals surface area contributed by atoms with Crippen LogP contribution in [0.15, 0.2) is 18.2 Å². The normalized spacial score (nSPS) is 10.6. The van der Waals surface area contributed by atoms with Crippen molar-refractivity contribution in [3.63, 3.8) is 0 Å². The number of aryl methyl sites for hydroxylation is 1. The van der Waals surface area contributed by atoms with E-state index in [-0.39, 0.29) is 11.0 Å². The first-order valence-electron chi connectivity index (χ1n) is 3.87. The summed E-state index contributed by atoms with van der Waals surface area (Å²) in [5.41, 5.74) is 8.19. The van der Waals surface area contributed by atoms with Gasteiger partial charge in [-0.1, -0.05) is 23.7 Å². The molecule has 2 aromatic rings. The minimum Gasteiger partial charge on any atom is -0.381 e. The number of aromatic nitrogens is 2. The first-order valence-corrected chi connectivity index (χ1v) is 4.24. The fourth-order valence-corrected chi connectivity index (χ4v) is 1.34. The van der Waals surface area contributed by atoms with Crippen LogP contribution >= 0.6 is 11.6 Å². The lowest BCUT2D eigenvalue weighted by molar-refractivity contribution is 1.28. The summed E-state index contributed by atoms with van der Waals surface area (Å²) in [5.74, 6) is 0.281. The Balaban J connectivity index is 2.89. The number of benzene rings is 1. The standard InChI is InChI=1S/C9H8ClN3/c1-5-3-2-4-6-7(5)13-9(11)8(10)12-6/h2-4H,1H3,(H2,11,13). The van der Waals surface area contributed by atoms with Gasteiger partial charge in [-0.05, 0) is 18.6 Å². The number of hydrogen-bond acceptors (Lipinski definition) is 3. The van der Waals surface area contributed by atoms with Crippen LogP contribution in [0.5, 0.6) is 0 Å². The third-order valence-electron chi connectivity index (χ3n) is 1.88. The minimum absolute atomic E-state index is 0.262. The summed E-state index contributed by atoms with van der Waals surface area (Å²) in [6, 6.07) is 5.74. The first-order chi connectivity index (χ1) is 6.18. The highest BCUT2D eigenvalue weighted by molar-refractivity contribution is 6.31. The number of nitrogens with two attached hydrogens (primary N) is 1. The molecule has 0 saturated heterocycles. The number of anilines is 1. The van der Waals surface area contributed by atoms with Gasteiger partial charge in [0.1, 0.15) is 0 Å². The Bertz CT molecular complexity index is 468. The van der Waals surface area contributed by atoms with Crippen molar-refractivity contribution < 1.29 is 0 Å². The first kappa shape index (κ1) is 8.26. The molecular formula is C9H8ClN3. The van der Waals surface area contributed by atoms with Gasteiger partial charge in [0, 0.05) is 0 Å². The second-order valence-corrected chi connectivity index (χ2v) is 3.20. The highest BCUT2D eigenvalue weighted by Gasteiger charge is 2.04. The summed E-state index contributed by atoms with van der Waals surface area (Å²) in [5, 5.41) is 0.262. The van der Waals surface area contributed by atoms with Gasteiger partial charge in [-0.25, -0.2) is 9.97 Å². The Hall–Kier alpha value is -1.35. The fraction of sp³-hybridized carbons (Fsp3) is 0.111. The van der Waals surface area contributed by atoms with Crippen molar-refractivity contribution >= 4 is 28.5 Å². The highest BCUT2D eigenvalue weighted by atomic mass is 35.5. The smallest absolute Gasteiger partial charge is 0.171 e. The molecule has 1 aromatic carbocycles. The second-order valence-electron chi connectivity index (χ2n) is 2.84. The van der Waals surface area contributed by atoms with E-state index < -0.39 is 0 Å². The van der Waals surface area contributed by atoms with Crippen LogP contribution in [0.2, 0.25) is 5.15 Å². The molecule has 0 aliphatic rings. The van der Waals surface area contributed by atoms with E-state index in [0.29, 0.717) is 0 Å². The number of nitrogens with zero attached hydrogens (tertiary/aromatic N) is 2. The highest BCUT2D eigenvalue weighted by Crippen LogP contribution is 2.20. The van der Waals surface area contributed by atoms with Crippen LogP contribution in [-0.2, 0) is 0 Å². The van der Waals surface area contributed by atoms with Crippen LogP contribution in [0.25, 0.3) is 11.0 Å². The molecule has 0 aliphatic carbocycles. The van der Waals surface area contributed by atoms with Gasteiger partial charge in [0.2, 0.25) is 0 Å². The zero-order valence-corrected chi connectivity index (χ0v) is 7.84. The van der Waals surface area contributed by atoms with E-state index in [1.54, 1.807) is 0 Å². The molecule has 0 fully saturated rings. The molecule has 1 heterocycles. The van der Waals surface area contributed by atoms with Crippen molar-refractivity contribution in [3.8, 4) is 0 Å². The second kappa shape index (κ2) is 2.85. The molecule has 4 heteroatoms. The molecule has 0 atom stereocenters. The van der Waals surface area contributed by atoms with Gasteiger partial charge in [0.15, 0.2) is 11.0 Å². The third kappa shape index (κ3) is 1.31. The predicted molar refractivity (Wildman–Crippen MR) is 53.7 cm³/mol. The molecule has 2 N–H and O–H groups in total. The summed E-state index contributed by atoms with van der Waals surface area (Å²) in [7, 11) is 0. The third-order valence-corrected chi connectivity index (χ3v) is 2.16. The topological polar surface area (TPSA) is 51.8 Å². The predicted octanol–water partition coefficient (Wildman–Crippen LogP) is 2.17. The zero-order valence-electron chi connectivity index (χ0n) is 7.08. The number of hydrogen-bond donors (Lipinski definition) is 1.